The summed E-state index contributed by atoms with van der Waals surface area (Å²) in [5, 5.41) is 3.01. The first kappa shape index (κ1) is 20.2. The molecule has 0 aliphatic carbocycles. The van der Waals surface area contributed by atoms with Crippen molar-refractivity contribution >= 4 is 11.7 Å². The molecule has 2 heterocycles. The summed E-state index contributed by atoms with van der Waals surface area (Å²) >= 11 is 0. The third-order valence-corrected chi connectivity index (χ3v) is 5.22. The lowest BCUT2D eigenvalue weighted by atomic mass is 10.1. The second kappa shape index (κ2) is 9.10. The molecule has 0 bridgehead atoms. The summed E-state index contributed by atoms with van der Waals surface area (Å²) in [5.41, 5.74) is 1.21. The lowest BCUT2D eigenvalue weighted by molar-refractivity contribution is 0.0939. The summed E-state index contributed by atoms with van der Waals surface area (Å²) < 4.78 is 13.3. The minimum Gasteiger partial charge on any atom is -0.353 e. The number of benzene rings is 1. The van der Waals surface area contributed by atoms with Crippen molar-refractivity contribution in [2.75, 3.05) is 37.6 Å². The van der Waals surface area contributed by atoms with E-state index >= 15 is 0 Å². The molecule has 1 amide bonds. The lowest BCUT2D eigenvalue weighted by Gasteiger charge is -2.35. The highest BCUT2D eigenvalue weighted by atomic mass is 19.1. The number of carbonyl (C=O) groups is 1. The molecule has 0 radical (unpaired) electrons. The van der Waals surface area contributed by atoms with E-state index in [1.54, 1.807) is 18.3 Å². The molecule has 7 heteroatoms. The van der Waals surface area contributed by atoms with Crippen LogP contribution in [-0.4, -0.2) is 59.5 Å². The van der Waals surface area contributed by atoms with Crippen molar-refractivity contribution < 1.29 is 9.18 Å². The molecule has 1 fully saturated rings. The van der Waals surface area contributed by atoms with Crippen LogP contribution >= 0.6 is 0 Å². The van der Waals surface area contributed by atoms with Gasteiger partial charge < -0.3 is 15.1 Å². The van der Waals surface area contributed by atoms with Crippen LogP contribution in [0.15, 0.2) is 30.5 Å². The normalized spacial score (nSPS) is 16.1. The molecule has 1 N–H and O–H groups in total. The van der Waals surface area contributed by atoms with Gasteiger partial charge in [0.25, 0.3) is 5.91 Å². The third kappa shape index (κ3) is 4.65. The van der Waals surface area contributed by atoms with Gasteiger partial charge >= 0.3 is 0 Å². The maximum absolute atomic E-state index is 13.3. The molecule has 0 spiro atoms. The molecule has 0 saturated carbocycles. The van der Waals surface area contributed by atoms with E-state index in [4.69, 9.17) is 4.98 Å². The predicted octanol–water partition coefficient (Wildman–Crippen LogP) is 2.95. The Morgan fingerprint density at radius 3 is 2.46 bits per heavy atom. The van der Waals surface area contributed by atoms with Gasteiger partial charge in [0.15, 0.2) is 5.82 Å². The zero-order valence-electron chi connectivity index (χ0n) is 16.8. The highest BCUT2D eigenvalue weighted by Gasteiger charge is 2.24. The summed E-state index contributed by atoms with van der Waals surface area (Å²) in [4.78, 5) is 26.4. The monoisotopic (exact) mass is 385 g/mol. The van der Waals surface area contributed by atoms with Crippen molar-refractivity contribution in [2.45, 2.75) is 33.2 Å². The van der Waals surface area contributed by atoms with E-state index in [1.807, 2.05) is 13.8 Å². The number of carbonyl (C=O) groups excluding carboxylic acids is 1. The van der Waals surface area contributed by atoms with E-state index in [0.717, 1.165) is 44.7 Å². The molecule has 2 aromatic rings. The SMILES string of the molecule is CC[C@H](C)NC(=O)c1cnc(-c2ccc(F)cc2)nc1N1CCN(CC)CC1. The molecule has 1 aliphatic heterocycles. The van der Waals surface area contributed by atoms with Gasteiger partial charge in [0.2, 0.25) is 0 Å². The molecule has 1 atom stereocenters. The van der Waals surface area contributed by atoms with Crippen LogP contribution in [0.3, 0.4) is 0 Å². The Kier molecular flexibility index (Phi) is 6.57. The van der Waals surface area contributed by atoms with Gasteiger partial charge in [-0.15, -0.1) is 0 Å². The number of amides is 1. The summed E-state index contributed by atoms with van der Waals surface area (Å²) in [7, 11) is 0. The number of halogens is 1. The minimum atomic E-state index is -0.302. The standard InChI is InChI=1S/C21H28FN5O/c1-4-15(3)24-21(28)18-14-23-19(16-6-8-17(22)9-7-16)25-20(18)27-12-10-26(5-2)11-13-27/h6-9,14-15H,4-5,10-13H2,1-3H3,(H,24,28)/t15-/m0/s1. The van der Waals surface area contributed by atoms with E-state index < -0.39 is 0 Å². The van der Waals surface area contributed by atoms with Crippen LogP contribution in [0.2, 0.25) is 0 Å². The number of anilines is 1. The average molecular weight is 385 g/mol. The largest absolute Gasteiger partial charge is 0.353 e. The Labute approximate surface area is 165 Å². The van der Waals surface area contributed by atoms with Gasteiger partial charge in [-0.05, 0) is 44.2 Å². The van der Waals surface area contributed by atoms with Crippen molar-refractivity contribution in [3.05, 3.63) is 41.8 Å². The lowest BCUT2D eigenvalue weighted by Crippen LogP contribution is -2.47. The van der Waals surface area contributed by atoms with Crippen LogP contribution in [0.4, 0.5) is 10.2 Å². The predicted molar refractivity (Wildman–Crippen MR) is 109 cm³/mol. The van der Waals surface area contributed by atoms with Gasteiger partial charge in [-0.2, -0.15) is 0 Å². The maximum Gasteiger partial charge on any atom is 0.256 e. The van der Waals surface area contributed by atoms with Crippen LogP contribution in [0, 0.1) is 5.82 Å². The van der Waals surface area contributed by atoms with Crippen LogP contribution in [-0.2, 0) is 0 Å². The maximum atomic E-state index is 13.3. The Bertz CT molecular complexity index is 803. The quantitative estimate of drug-likeness (QED) is 0.828. The molecule has 1 saturated heterocycles. The fourth-order valence-electron chi connectivity index (χ4n) is 3.19. The first-order valence-corrected chi connectivity index (χ1v) is 9.93. The molecule has 150 valence electrons. The van der Waals surface area contributed by atoms with E-state index in [9.17, 15) is 9.18 Å². The van der Waals surface area contributed by atoms with Crippen molar-refractivity contribution in [1.29, 1.82) is 0 Å². The number of nitrogens with zero attached hydrogens (tertiary/aromatic N) is 4. The van der Waals surface area contributed by atoms with Crippen LogP contribution in [0.5, 0.6) is 0 Å². The van der Waals surface area contributed by atoms with Crippen molar-refractivity contribution in [2.24, 2.45) is 0 Å². The van der Waals surface area contributed by atoms with Gasteiger partial charge in [-0.1, -0.05) is 13.8 Å². The van der Waals surface area contributed by atoms with Gasteiger partial charge in [0.05, 0.1) is 0 Å². The topological polar surface area (TPSA) is 61.4 Å². The average Bonchev–Trinajstić information content (AvgIpc) is 2.73. The van der Waals surface area contributed by atoms with Gasteiger partial charge in [-0.25, -0.2) is 14.4 Å². The van der Waals surface area contributed by atoms with Crippen molar-refractivity contribution in [3.63, 3.8) is 0 Å². The minimum absolute atomic E-state index is 0.0778. The number of aromatic nitrogens is 2. The van der Waals surface area contributed by atoms with Gasteiger partial charge in [0, 0.05) is 44.0 Å². The van der Waals surface area contributed by atoms with Crippen molar-refractivity contribution in [1.82, 2.24) is 20.2 Å². The number of hydrogen-bond donors (Lipinski definition) is 1. The van der Waals surface area contributed by atoms with E-state index in [2.05, 4.69) is 27.0 Å². The molecule has 1 aromatic carbocycles. The molecular formula is C21H28FN5O. The Morgan fingerprint density at radius 2 is 1.86 bits per heavy atom. The number of nitrogens with one attached hydrogen (secondary N) is 1. The Hall–Kier alpha value is -2.54. The Balaban J connectivity index is 1.94. The Morgan fingerprint density at radius 1 is 1.18 bits per heavy atom. The zero-order chi connectivity index (χ0) is 20.1. The van der Waals surface area contributed by atoms with E-state index in [-0.39, 0.29) is 17.8 Å². The molecule has 3 rings (SSSR count). The number of likely N-dealkylation sites (N-methyl/N-ethyl adjacent to an activating group) is 1. The summed E-state index contributed by atoms with van der Waals surface area (Å²) in [6.45, 7) is 10.6. The number of hydrogen-bond acceptors (Lipinski definition) is 5. The fraction of sp³-hybridized carbons (Fsp3) is 0.476. The highest BCUT2D eigenvalue weighted by Crippen LogP contribution is 2.24. The number of piperazine rings is 1. The first-order chi connectivity index (χ1) is 13.5. The molecule has 6 nitrogen and oxygen atoms in total. The van der Waals surface area contributed by atoms with Crippen LogP contribution < -0.4 is 10.2 Å². The summed E-state index contributed by atoms with van der Waals surface area (Å²) in [6, 6.07) is 6.17. The second-order valence-electron chi connectivity index (χ2n) is 7.14. The highest BCUT2D eigenvalue weighted by molar-refractivity contribution is 5.99. The number of rotatable bonds is 6. The van der Waals surface area contributed by atoms with E-state index in [1.165, 1.54) is 12.1 Å². The molecule has 28 heavy (non-hydrogen) atoms. The van der Waals surface area contributed by atoms with Crippen LogP contribution in [0.25, 0.3) is 11.4 Å². The first-order valence-electron chi connectivity index (χ1n) is 9.93. The summed E-state index contributed by atoms with van der Waals surface area (Å²) in [5.74, 6) is 0.677. The molecule has 0 unspecified atom stereocenters. The van der Waals surface area contributed by atoms with Crippen LogP contribution in [0.1, 0.15) is 37.6 Å². The third-order valence-electron chi connectivity index (χ3n) is 5.22. The zero-order valence-corrected chi connectivity index (χ0v) is 16.8. The van der Waals surface area contributed by atoms with E-state index in [0.29, 0.717) is 17.2 Å². The molecule has 1 aliphatic rings. The van der Waals surface area contributed by atoms with Gasteiger partial charge in [-0.3, -0.25) is 4.79 Å². The second-order valence-corrected chi connectivity index (χ2v) is 7.14. The smallest absolute Gasteiger partial charge is 0.256 e. The molecular weight excluding hydrogens is 357 g/mol. The van der Waals surface area contributed by atoms with Gasteiger partial charge in [0.1, 0.15) is 17.2 Å². The molecule has 1 aromatic heterocycles. The fourth-order valence-corrected chi connectivity index (χ4v) is 3.19. The summed E-state index contributed by atoms with van der Waals surface area (Å²) in [6.07, 6.45) is 2.44. The van der Waals surface area contributed by atoms with Crippen molar-refractivity contribution in [3.8, 4) is 11.4 Å².